The summed E-state index contributed by atoms with van der Waals surface area (Å²) in [7, 11) is 0. The van der Waals surface area contributed by atoms with Gasteiger partial charge in [-0.05, 0) is 25.8 Å². The molecule has 2 N–H and O–H groups in total. The Morgan fingerprint density at radius 3 is 2.92 bits per heavy atom. The molecule has 0 aromatic carbocycles. The molecule has 0 saturated carbocycles. The number of β-amino-alcohol motifs (C(OH)–C–C–N with tert-alkyl or cyclic N) is 1. The van der Waals surface area contributed by atoms with Crippen molar-refractivity contribution in [3.8, 4) is 0 Å². The van der Waals surface area contributed by atoms with Crippen LogP contribution in [0.2, 0.25) is 0 Å². The molecule has 12 heavy (non-hydrogen) atoms. The summed E-state index contributed by atoms with van der Waals surface area (Å²) in [6, 6.07) is 0.631. The van der Waals surface area contributed by atoms with Crippen LogP contribution in [0.3, 0.4) is 0 Å². The molecule has 0 aliphatic carbocycles. The van der Waals surface area contributed by atoms with Gasteiger partial charge in [0.1, 0.15) is 0 Å². The zero-order chi connectivity index (χ0) is 8.97. The first-order valence-corrected chi connectivity index (χ1v) is 4.81. The molecule has 0 bridgehead atoms. The largest absolute Gasteiger partial charge is 0.394 e. The van der Waals surface area contributed by atoms with Crippen molar-refractivity contribution in [1.29, 1.82) is 0 Å². The number of nitrogens with zero attached hydrogens (tertiary/aromatic N) is 1. The number of hydrogen-bond acceptors (Lipinski definition) is 3. The molecular weight excluding hydrogens is 154 g/mol. The smallest absolute Gasteiger partial charge is 0.0897 e. The standard InChI is InChI=1S/C9H19NO2/c1-2-8-4-3-5-10(8)6-9(12)7-11/h8-9,11-12H,2-7H2,1H3. The molecule has 1 fully saturated rings. The van der Waals surface area contributed by atoms with Crippen LogP contribution in [-0.4, -0.2) is 47.0 Å². The zero-order valence-corrected chi connectivity index (χ0v) is 7.74. The summed E-state index contributed by atoms with van der Waals surface area (Å²) in [4.78, 5) is 2.28. The third kappa shape index (κ3) is 2.44. The third-order valence-corrected chi connectivity index (χ3v) is 2.63. The maximum absolute atomic E-state index is 9.24. The average Bonchev–Trinajstić information content (AvgIpc) is 2.51. The van der Waals surface area contributed by atoms with E-state index in [-0.39, 0.29) is 6.61 Å². The van der Waals surface area contributed by atoms with Gasteiger partial charge in [0.25, 0.3) is 0 Å². The summed E-state index contributed by atoms with van der Waals surface area (Å²) in [5, 5.41) is 17.9. The van der Waals surface area contributed by atoms with Gasteiger partial charge in [-0.25, -0.2) is 0 Å². The van der Waals surface area contributed by atoms with Crippen LogP contribution in [0.1, 0.15) is 26.2 Å². The molecule has 3 nitrogen and oxygen atoms in total. The second-order valence-electron chi connectivity index (χ2n) is 3.54. The molecule has 0 radical (unpaired) electrons. The van der Waals surface area contributed by atoms with Gasteiger partial charge in [0.15, 0.2) is 0 Å². The van der Waals surface area contributed by atoms with Crippen molar-refractivity contribution in [3.05, 3.63) is 0 Å². The highest BCUT2D eigenvalue weighted by Crippen LogP contribution is 2.19. The molecule has 0 aromatic rings. The van der Waals surface area contributed by atoms with E-state index in [1.807, 2.05) is 0 Å². The van der Waals surface area contributed by atoms with Gasteiger partial charge in [0.05, 0.1) is 12.7 Å². The van der Waals surface area contributed by atoms with E-state index < -0.39 is 6.10 Å². The van der Waals surface area contributed by atoms with Gasteiger partial charge in [-0.2, -0.15) is 0 Å². The van der Waals surface area contributed by atoms with E-state index in [4.69, 9.17) is 5.11 Å². The van der Waals surface area contributed by atoms with Crippen LogP contribution >= 0.6 is 0 Å². The van der Waals surface area contributed by atoms with E-state index in [0.717, 1.165) is 13.0 Å². The van der Waals surface area contributed by atoms with E-state index in [1.54, 1.807) is 0 Å². The lowest BCUT2D eigenvalue weighted by Crippen LogP contribution is -2.37. The number of rotatable bonds is 4. The summed E-state index contributed by atoms with van der Waals surface area (Å²) >= 11 is 0. The van der Waals surface area contributed by atoms with Crippen molar-refractivity contribution < 1.29 is 10.2 Å². The van der Waals surface area contributed by atoms with Gasteiger partial charge in [-0.1, -0.05) is 6.92 Å². The molecular formula is C9H19NO2. The van der Waals surface area contributed by atoms with Crippen LogP contribution in [-0.2, 0) is 0 Å². The van der Waals surface area contributed by atoms with Gasteiger partial charge in [-0.15, -0.1) is 0 Å². The van der Waals surface area contributed by atoms with E-state index in [0.29, 0.717) is 12.6 Å². The molecule has 1 saturated heterocycles. The van der Waals surface area contributed by atoms with E-state index >= 15 is 0 Å². The second kappa shape index (κ2) is 4.80. The molecule has 72 valence electrons. The molecule has 2 unspecified atom stereocenters. The highest BCUT2D eigenvalue weighted by Gasteiger charge is 2.24. The quantitative estimate of drug-likeness (QED) is 0.639. The molecule has 1 heterocycles. The molecule has 3 heteroatoms. The van der Waals surface area contributed by atoms with Crippen molar-refractivity contribution in [3.63, 3.8) is 0 Å². The zero-order valence-electron chi connectivity index (χ0n) is 7.74. The Morgan fingerprint density at radius 2 is 2.33 bits per heavy atom. The van der Waals surface area contributed by atoms with Crippen LogP contribution in [0.25, 0.3) is 0 Å². The normalized spacial score (nSPS) is 27.8. The van der Waals surface area contributed by atoms with E-state index in [1.165, 1.54) is 12.8 Å². The maximum atomic E-state index is 9.24. The summed E-state index contributed by atoms with van der Waals surface area (Å²) in [6.07, 6.45) is 3.07. The van der Waals surface area contributed by atoms with Gasteiger partial charge in [0, 0.05) is 12.6 Å². The summed E-state index contributed by atoms with van der Waals surface area (Å²) in [5.41, 5.74) is 0. The predicted molar refractivity (Wildman–Crippen MR) is 48.0 cm³/mol. The Morgan fingerprint density at radius 1 is 1.58 bits per heavy atom. The van der Waals surface area contributed by atoms with Gasteiger partial charge < -0.3 is 10.2 Å². The Kier molecular flexibility index (Phi) is 3.98. The van der Waals surface area contributed by atoms with Crippen LogP contribution in [0, 0.1) is 0 Å². The first-order chi connectivity index (χ1) is 5.77. The average molecular weight is 173 g/mol. The predicted octanol–water partition coefficient (Wildman–Crippen LogP) is 0.214. The highest BCUT2D eigenvalue weighted by molar-refractivity contribution is 4.79. The SMILES string of the molecule is CCC1CCCN1CC(O)CO. The van der Waals surface area contributed by atoms with Gasteiger partial charge >= 0.3 is 0 Å². The number of aliphatic hydroxyl groups is 2. The number of aliphatic hydroxyl groups excluding tert-OH is 2. The minimum atomic E-state index is -0.558. The lowest BCUT2D eigenvalue weighted by atomic mass is 10.1. The molecule has 0 aromatic heterocycles. The Labute approximate surface area is 74.0 Å². The molecule has 0 amide bonds. The fraction of sp³-hybridized carbons (Fsp3) is 1.00. The summed E-state index contributed by atoms with van der Waals surface area (Å²) < 4.78 is 0. The van der Waals surface area contributed by atoms with Crippen LogP contribution in [0.5, 0.6) is 0 Å². The van der Waals surface area contributed by atoms with Crippen molar-refractivity contribution in [2.75, 3.05) is 19.7 Å². The van der Waals surface area contributed by atoms with Crippen molar-refractivity contribution in [2.45, 2.75) is 38.3 Å². The molecule has 0 spiro atoms. The van der Waals surface area contributed by atoms with E-state index in [9.17, 15) is 5.11 Å². The highest BCUT2D eigenvalue weighted by atomic mass is 16.3. The summed E-state index contributed by atoms with van der Waals surface area (Å²) in [6.45, 7) is 3.77. The van der Waals surface area contributed by atoms with Crippen LogP contribution in [0.4, 0.5) is 0 Å². The Bertz CT molecular complexity index is 130. The summed E-state index contributed by atoms with van der Waals surface area (Å²) in [5.74, 6) is 0. The van der Waals surface area contributed by atoms with E-state index in [2.05, 4.69) is 11.8 Å². The van der Waals surface area contributed by atoms with Gasteiger partial charge in [0.2, 0.25) is 0 Å². The maximum Gasteiger partial charge on any atom is 0.0897 e. The molecule has 1 aliphatic heterocycles. The molecule has 2 atom stereocenters. The van der Waals surface area contributed by atoms with Crippen molar-refractivity contribution >= 4 is 0 Å². The third-order valence-electron chi connectivity index (χ3n) is 2.63. The van der Waals surface area contributed by atoms with Gasteiger partial charge in [-0.3, -0.25) is 4.90 Å². The monoisotopic (exact) mass is 173 g/mol. The molecule has 1 rings (SSSR count). The lowest BCUT2D eigenvalue weighted by Gasteiger charge is -2.24. The Balaban J connectivity index is 2.30. The molecule has 1 aliphatic rings. The first-order valence-electron chi connectivity index (χ1n) is 4.81. The van der Waals surface area contributed by atoms with Crippen molar-refractivity contribution in [2.24, 2.45) is 0 Å². The van der Waals surface area contributed by atoms with Crippen LogP contribution < -0.4 is 0 Å². The fourth-order valence-electron chi connectivity index (χ4n) is 1.93. The minimum absolute atomic E-state index is 0.118. The fourth-order valence-corrected chi connectivity index (χ4v) is 1.93. The first kappa shape index (κ1) is 9.96. The van der Waals surface area contributed by atoms with Crippen molar-refractivity contribution in [1.82, 2.24) is 4.90 Å². The Hall–Kier alpha value is -0.120. The topological polar surface area (TPSA) is 43.7 Å². The minimum Gasteiger partial charge on any atom is -0.394 e. The van der Waals surface area contributed by atoms with Crippen LogP contribution in [0.15, 0.2) is 0 Å². The lowest BCUT2D eigenvalue weighted by molar-refractivity contribution is 0.0548. The second-order valence-corrected chi connectivity index (χ2v) is 3.54. The number of hydrogen-bond donors (Lipinski definition) is 2. The number of likely N-dealkylation sites (tertiary alicyclic amines) is 1.